The third kappa shape index (κ3) is 3.31. The van der Waals surface area contributed by atoms with E-state index in [1.165, 1.54) is 19.2 Å². The molecule has 0 saturated carbocycles. The van der Waals surface area contributed by atoms with E-state index in [-0.39, 0.29) is 5.91 Å². The van der Waals surface area contributed by atoms with Crippen molar-refractivity contribution in [3.63, 3.8) is 0 Å². The van der Waals surface area contributed by atoms with Crippen LogP contribution in [0.15, 0.2) is 36.4 Å². The van der Waals surface area contributed by atoms with Gasteiger partial charge in [-0.25, -0.2) is 8.78 Å². The van der Waals surface area contributed by atoms with Gasteiger partial charge in [-0.3, -0.25) is 9.59 Å². The molecular formula is C18H16F2N2O3. The van der Waals surface area contributed by atoms with Crippen molar-refractivity contribution in [1.29, 1.82) is 0 Å². The molecule has 1 saturated heterocycles. The molecule has 2 amide bonds. The van der Waals surface area contributed by atoms with Crippen LogP contribution in [0, 0.1) is 11.6 Å². The number of ether oxygens (including phenoxy) is 1. The second-order valence-corrected chi connectivity index (χ2v) is 5.59. The van der Waals surface area contributed by atoms with Crippen molar-refractivity contribution < 1.29 is 23.1 Å². The minimum absolute atomic E-state index is 0.00325. The monoisotopic (exact) mass is 346 g/mol. The Kier molecular flexibility index (Phi) is 4.65. The predicted octanol–water partition coefficient (Wildman–Crippen LogP) is 3.35. The van der Waals surface area contributed by atoms with Crippen LogP contribution in [0.5, 0.6) is 5.75 Å². The van der Waals surface area contributed by atoms with Crippen LogP contribution in [0.2, 0.25) is 0 Å². The van der Waals surface area contributed by atoms with Crippen molar-refractivity contribution in [1.82, 2.24) is 0 Å². The summed E-state index contributed by atoms with van der Waals surface area (Å²) >= 11 is 0. The first-order valence-corrected chi connectivity index (χ1v) is 7.75. The summed E-state index contributed by atoms with van der Waals surface area (Å²) in [5, 5.41) is 2.44. The first-order valence-electron chi connectivity index (χ1n) is 7.75. The number of nitrogens with zero attached hydrogens (tertiary/aromatic N) is 1. The minimum atomic E-state index is -0.941. The van der Waals surface area contributed by atoms with Gasteiger partial charge in [0.05, 0.1) is 12.8 Å². The molecule has 0 aromatic heterocycles. The van der Waals surface area contributed by atoms with E-state index in [1.807, 2.05) is 0 Å². The lowest BCUT2D eigenvalue weighted by molar-refractivity contribution is -0.117. The number of anilines is 2. The summed E-state index contributed by atoms with van der Waals surface area (Å²) in [5.41, 5.74) is 0.250. The molecular weight excluding hydrogens is 330 g/mol. The maximum absolute atomic E-state index is 13.7. The molecule has 25 heavy (non-hydrogen) atoms. The molecule has 2 aromatic rings. The van der Waals surface area contributed by atoms with E-state index in [0.29, 0.717) is 30.1 Å². The SMILES string of the molecule is COc1cc(NC(=O)c2c(F)cccc2F)ccc1N1CCCC1=O. The average molecular weight is 346 g/mol. The number of carbonyl (C=O) groups is 2. The van der Waals surface area contributed by atoms with Crippen LogP contribution >= 0.6 is 0 Å². The lowest BCUT2D eigenvalue weighted by Gasteiger charge is -2.19. The van der Waals surface area contributed by atoms with E-state index >= 15 is 0 Å². The van der Waals surface area contributed by atoms with Gasteiger partial charge in [0, 0.05) is 24.7 Å². The zero-order valence-electron chi connectivity index (χ0n) is 13.5. The van der Waals surface area contributed by atoms with Gasteiger partial charge >= 0.3 is 0 Å². The molecule has 0 atom stereocenters. The van der Waals surface area contributed by atoms with Crippen molar-refractivity contribution in [2.75, 3.05) is 23.9 Å². The summed E-state index contributed by atoms with van der Waals surface area (Å²) in [4.78, 5) is 25.6. The zero-order chi connectivity index (χ0) is 18.0. The Balaban J connectivity index is 1.86. The minimum Gasteiger partial charge on any atom is -0.494 e. The lowest BCUT2D eigenvalue weighted by Crippen LogP contribution is -2.24. The van der Waals surface area contributed by atoms with Gasteiger partial charge in [-0.1, -0.05) is 6.07 Å². The number of halogens is 2. The molecule has 1 heterocycles. The normalized spacial score (nSPS) is 13.9. The van der Waals surface area contributed by atoms with Gasteiger partial charge < -0.3 is 15.0 Å². The molecule has 1 fully saturated rings. The molecule has 0 radical (unpaired) electrons. The van der Waals surface area contributed by atoms with E-state index in [1.54, 1.807) is 17.0 Å². The second kappa shape index (κ2) is 6.88. The van der Waals surface area contributed by atoms with E-state index in [2.05, 4.69) is 5.32 Å². The largest absolute Gasteiger partial charge is 0.494 e. The quantitative estimate of drug-likeness (QED) is 0.924. The van der Waals surface area contributed by atoms with Crippen molar-refractivity contribution >= 4 is 23.2 Å². The number of nitrogens with one attached hydrogen (secondary N) is 1. The Hall–Kier alpha value is -2.96. The van der Waals surface area contributed by atoms with Crippen LogP contribution < -0.4 is 15.0 Å². The number of methoxy groups -OCH3 is 1. The van der Waals surface area contributed by atoms with Gasteiger partial charge in [0.2, 0.25) is 5.91 Å². The summed E-state index contributed by atoms with van der Waals surface area (Å²) in [6.07, 6.45) is 1.25. The molecule has 1 aliphatic heterocycles. The fourth-order valence-electron chi connectivity index (χ4n) is 2.79. The van der Waals surface area contributed by atoms with Crippen molar-refractivity contribution in [3.05, 3.63) is 53.6 Å². The summed E-state index contributed by atoms with van der Waals surface area (Å²) in [7, 11) is 1.45. The lowest BCUT2D eigenvalue weighted by atomic mass is 10.1. The van der Waals surface area contributed by atoms with Gasteiger partial charge in [-0.2, -0.15) is 0 Å². The number of carbonyl (C=O) groups excluding carboxylic acids is 2. The maximum atomic E-state index is 13.7. The van der Waals surface area contributed by atoms with Gasteiger partial charge in [-0.05, 0) is 30.7 Å². The van der Waals surface area contributed by atoms with Crippen molar-refractivity contribution in [3.8, 4) is 5.75 Å². The standard InChI is InChI=1S/C18H16F2N2O3/c1-25-15-10-11(7-8-14(15)22-9-3-6-16(22)23)21-18(24)17-12(19)4-2-5-13(17)20/h2,4-5,7-8,10H,3,6,9H2,1H3,(H,21,24). The fourth-order valence-corrected chi connectivity index (χ4v) is 2.79. The molecule has 7 heteroatoms. The summed E-state index contributed by atoms with van der Waals surface area (Å²) in [5.74, 6) is -2.39. The van der Waals surface area contributed by atoms with Gasteiger partial charge in [0.15, 0.2) is 0 Å². The molecule has 130 valence electrons. The highest BCUT2D eigenvalue weighted by molar-refractivity contribution is 6.05. The van der Waals surface area contributed by atoms with E-state index < -0.39 is 23.1 Å². The molecule has 2 aromatic carbocycles. The highest BCUT2D eigenvalue weighted by Gasteiger charge is 2.25. The first kappa shape index (κ1) is 16.9. The highest BCUT2D eigenvalue weighted by atomic mass is 19.1. The third-order valence-electron chi connectivity index (χ3n) is 3.99. The van der Waals surface area contributed by atoms with Gasteiger partial charge in [0.1, 0.15) is 22.9 Å². The molecule has 1 N–H and O–H groups in total. The zero-order valence-corrected chi connectivity index (χ0v) is 13.5. The second-order valence-electron chi connectivity index (χ2n) is 5.59. The average Bonchev–Trinajstić information content (AvgIpc) is 3.00. The van der Waals surface area contributed by atoms with E-state index in [0.717, 1.165) is 18.6 Å². The Morgan fingerprint density at radius 2 is 1.92 bits per heavy atom. The first-order chi connectivity index (χ1) is 12.0. The molecule has 1 aliphatic rings. The Labute approximate surface area is 143 Å². The van der Waals surface area contributed by atoms with Crippen LogP contribution in [-0.4, -0.2) is 25.5 Å². The van der Waals surface area contributed by atoms with Crippen LogP contribution in [0.25, 0.3) is 0 Å². The molecule has 0 spiro atoms. The van der Waals surface area contributed by atoms with Crippen LogP contribution in [0.3, 0.4) is 0 Å². The number of rotatable bonds is 4. The summed E-state index contributed by atoms with van der Waals surface area (Å²) in [6.45, 7) is 0.599. The maximum Gasteiger partial charge on any atom is 0.261 e. The number of benzene rings is 2. The number of amides is 2. The Morgan fingerprint density at radius 3 is 2.52 bits per heavy atom. The molecule has 5 nitrogen and oxygen atoms in total. The molecule has 0 aliphatic carbocycles. The fraction of sp³-hybridized carbons (Fsp3) is 0.222. The van der Waals surface area contributed by atoms with Crippen LogP contribution in [0.1, 0.15) is 23.2 Å². The van der Waals surface area contributed by atoms with E-state index in [4.69, 9.17) is 4.74 Å². The summed E-state index contributed by atoms with van der Waals surface area (Å²) < 4.78 is 32.7. The number of hydrogen-bond donors (Lipinski definition) is 1. The van der Waals surface area contributed by atoms with E-state index in [9.17, 15) is 18.4 Å². The Morgan fingerprint density at radius 1 is 1.20 bits per heavy atom. The van der Waals surface area contributed by atoms with Gasteiger partial charge in [-0.15, -0.1) is 0 Å². The van der Waals surface area contributed by atoms with Crippen LogP contribution in [0.4, 0.5) is 20.2 Å². The molecule has 0 unspecified atom stereocenters. The number of hydrogen-bond acceptors (Lipinski definition) is 3. The van der Waals surface area contributed by atoms with Gasteiger partial charge in [0.25, 0.3) is 5.91 Å². The smallest absolute Gasteiger partial charge is 0.261 e. The summed E-state index contributed by atoms with van der Waals surface area (Å²) in [6, 6.07) is 7.92. The Bertz CT molecular complexity index is 819. The van der Waals surface area contributed by atoms with Crippen molar-refractivity contribution in [2.45, 2.75) is 12.8 Å². The predicted molar refractivity (Wildman–Crippen MR) is 88.9 cm³/mol. The molecule has 0 bridgehead atoms. The topological polar surface area (TPSA) is 58.6 Å². The van der Waals surface area contributed by atoms with Crippen LogP contribution in [-0.2, 0) is 4.79 Å². The molecule has 3 rings (SSSR count). The van der Waals surface area contributed by atoms with Crippen molar-refractivity contribution in [2.24, 2.45) is 0 Å². The highest BCUT2D eigenvalue weighted by Crippen LogP contribution is 2.34. The third-order valence-corrected chi connectivity index (χ3v) is 3.99.